The lowest BCUT2D eigenvalue weighted by molar-refractivity contribution is -0.131. The van der Waals surface area contributed by atoms with Gasteiger partial charge in [0.25, 0.3) is 0 Å². The first-order valence-electron chi connectivity index (χ1n) is 10.8. The van der Waals surface area contributed by atoms with Crippen molar-refractivity contribution in [1.29, 1.82) is 0 Å². The van der Waals surface area contributed by atoms with E-state index in [0.29, 0.717) is 37.6 Å². The maximum Gasteiger partial charge on any atom is 0.227 e. The van der Waals surface area contributed by atoms with E-state index >= 15 is 0 Å². The minimum absolute atomic E-state index is 0.0456. The van der Waals surface area contributed by atoms with E-state index in [-0.39, 0.29) is 12.0 Å². The molecule has 7 nitrogen and oxygen atoms in total. The molecule has 0 unspecified atom stereocenters. The molecule has 7 heteroatoms. The first kappa shape index (κ1) is 21.9. The number of carbonyl (C=O) groups is 1. The summed E-state index contributed by atoms with van der Waals surface area (Å²) in [6, 6.07) is 11.7. The van der Waals surface area contributed by atoms with Crippen molar-refractivity contribution in [1.82, 2.24) is 14.5 Å². The molecule has 0 aliphatic carbocycles. The molecule has 1 amide bonds. The molecule has 168 valence electrons. The van der Waals surface area contributed by atoms with E-state index in [1.165, 1.54) is 0 Å². The summed E-state index contributed by atoms with van der Waals surface area (Å²) in [6.07, 6.45) is 8.72. The normalized spacial score (nSPS) is 15.5. The number of hydrogen-bond acceptors (Lipinski definition) is 5. The second kappa shape index (κ2) is 10.3. The number of aryl methyl sites for hydroxylation is 1. The second-order valence-electron chi connectivity index (χ2n) is 8.06. The zero-order valence-corrected chi connectivity index (χ0v) is 18.6. The molecule has 3 heterocycles. The number of aromatic nitrogens is 2. The van der Waals surface area contributed by atoms with Crippen molar-refractivity contribution in [3.8, 4) is 11.5 Å². The highest BCUT2D eigenvalue weighted by Gasteiger charge is 2.20. The third-order valence-corrected chi connectivity index (χ3v) is 5.48. The molecule has 4 rings (SSSR count). The zero-order valence-electron chi connectivity index (χ0n) is 18.6. The summed E-state index contributed by atoms with van der Waals surface area (Å²) < 4.78 is 19.0. The van der Waals surface area contributed by atoms with Crippen LogP contribution in [0.25, 0.3) is 0 Å². The monoisotopic (exact) mass is 435 g/mol. The van der Waals surface area contributed by atoms with E-state index in [9.17, 15) is 4.79 Å². The van der Waals surface area contributed by atoms with Gasteiger partial charge < -0.3 is 23.7 Å². The number of rotatable bonds is 9. The third kappa shape index (κ3) is 5.68. The van der Waals surface area contributed by atoms with Crippen LogP contribution in [0.1, 0.15) is 23.1 Å². The molecule has 1 atom stereocenters. The predicted molar refractivity (Wildman–Crippen MR) is 120 cm³/mol. The average Bonchev–Trinajstić information content (AvgIpc) is 3.46. The summed E-state index contributed by atoms with van der Waals surface area (Å²) in [6.45, 7) is 2.26. The van der Waals surface area contributed by atoms with Crippen LogP contribution in [0.15, 0.2) is 61.2 Å². The van der Waals surface area contributed by atoms with E-state index in [1.807, 2.05) is 65.3 Å². The maximum atomic E-state index is 13.2. The molecule has 1 saturated heterocycles. The van der Waals surface area contributed by atoms with Gasteiger partial charge in [-0.05, 0) is 41.0 Å². The van der Waals surface area contributed by atoms with Crippen LogP contribution in [0.5, 0.6) is 11.5 Å². The summed E-state index contributed by atoms with van der Waals surface area (Å²) in [5.41, 5.74) is 2.96. The fraction of sp³-hybridized carbons (Fsp3) is 0.360. The smallest absolute Gasteiger partial charge is 0.227 e. The molecular formula is C25H29N3O4. The molecule has 32 heavy (non-hydrogen) atoms. The molecule has 1 aromatic carbocycles. The number of nitrogens with zero attached hydrogens (tertiary/aromatic N) is 3. The van der Waals surface area contributed by atoms with Gasteiger partial charge in [-0.3, -0.25) is 9.78 Å². The Morgan fingerprint density at radius 1 is 1.19 bits per heavy atom. The Morgan fingerprint density at radius 2 is 2.06 bits per heavy atom. The van der Waals surface area contributed by atoms with Crippen molar-refractivity contribution in [2.75, 3.05) is 20.3 Å². The van der Waals surface area contributed by atoms with Gasteiger partial charge >= 0.3 is 0 Å². The van der Waals surface area contributed by atoms with Crippen molar-refractivity contribution in [3.05, 3.63) is 77.9 Å². The van der Waals surface area contributed by atoms with E-state index in [0.717, 1.165) is 29.7 Å². The molecule has 0 bridgehead atoms. The van der Waals surface area contributed by atoms with Gasteiger partial charge in [-0.1, -0.05) is 12.1 Å². The maximum absolute atomic E-state index is 13.2. The molecule has 3 aromatic rings. The fourth-order valence-corrected chi connectivity index (χ4v) is 3.81. The van der Waals surface area contributed by atoms with Crippen molar-refractivity contribution >= 4 is 5.91 Å². The number of methoxy groups -OCH3 is 1. The van der Waals surface area contributed by atoms with Gasteiger partial charge in [0, 0.05) is 51.3 Å². The lowest BCUT2D eigenvalue weighted by Gasteiger charge is -2.24. The SMILES string of the molecule is COc1cc(CN(Cc2cccnc2)C(=O)Cc2ccn(C)c2)ccc1O[C@H]1CCOC1. The standard InChI is InChI=1S/C25H29N3O4/c1-27-10-7-20(15-27)13-25(29)28(17-21-4-3-9-26-14-21)16-19-5-6-23(24(12-19)30-2)32-22-8-11-31-18-22/h3-7,9-10,12,14-15,22H,8,11,13,16-18H2,1-2H3/t22-/m0/s1. The molecule has 0 N–H and O–H groups in total. The van der Waals surface area contributed by atoms with Gasteiger partial charge in [-0.2, -0.15) is 0 Å². The Kier molecular flexibility index (Phi) is 7.07. The van der Waals surface area contributed by atoms with Gasteiger partial charge in [0.05, 0.1) is 26.7 Å². The first-order chi connectivity index (χ1) is 15.6. The minimum atomic E-state index is 0.0456. The Balaban J connectivity index is 1.51. The average molecular weight is 436 g/mol. The minimum Gasteiger partial charge on any atom is -0.493 e. The van der Waals surface area contributed by atoms with Gasteiger partial charge in [-0.25, -0.2) is 0 Å². The molecule has 0 radical (unpaired) electrons. The summed E-state index contributed by atoms with van der Waals surface area (Å²) >= 11 is 0. The van der Waals surface area contributed by atoms with Crippen LogP contribution >= 0.6 is 0 Å². The van der Waals surface area contributed by atoms with Crippen molar-refractivity contribution in [2.45, 2.75) is 32.0 Å². The molecule has 1 fully saturated rings. The van der Waals surface area contributed by atoms with Gasteiger partial charge in [-0.15, -0.1) is 0 Å². The van der Waals surface area contributed by atoms with Crippen LogP contribution in [0.3, 0.4) is 0 Å². The van der Waals surface area contributed by atoms with Gasteiger partial charge in [0.1, 0.15) is 6.10 Å². The number of hydrogen-bond donors (Lipinski definition) is 0. The number of ether oxygens (including phenoxy) is 3. The number of amides is 1. The molecule has 2 aromatic heterocycles. The topological polar surface area (TPSA) is 65.8 Å². The van der Waals surface area contributed by atoms with Crippen LogP contribution in [-0.2, 0) is 36.1 Å². The highest BCUT2D eigenvalue weighted by molar-refractivity contribution is 5.78. The van der Waals surface area contributed by atoms with Crippen molar-refractivity contribution in [2.24, 2.45) is 7.05 Å². The predicted octanol–water partition coefficient (Wildman–Crippen LogP) is 3.37. The van der Waals surface area contributed by atoms with Crippen molar-refractivity contribution < 1.29 is 19.0 Å². The van der Waals surface area contributed by atoms with E-state index in [2.05, 4.69) is 4.98 Å². The Hall–Kier alpha value is -3.32. The third-order valence-electron chi connectivity index (χ3n) is 5.48. The fourth-order valence-electron chi connectivity index (χ4n) is 3.81. The number of carbonyl (C=O) groups excluding carboxylic acids is 1. The van der Waals surface area contributed by atoms with E-state index in [4.69, 9.17) is 14.2 Å². The van der Waals surface area contributed by atoms with Gasteiger partial charge in [0.15, 0.2) is 11.5 Å². The molecule has 0 spiro atoms. The van der Waals surface area contributed by atoms with E-state index < -0.39 is 0 Å². The Bertz CT molecular complexity index is 1030. The zero-order chi connectivity index (χ0) is 22.3. The Labute approximate surface area is 188 Å². The highest BCUT2D eigenvalue weighted by Crippen LogP contribution is 2.31. The van der Waals surface area contributed by atoms with Crippen LogP contribution < -0.4 is 9.47 Å². The summed E-state index contributed by atoms with van der Waals surface area (Å²) in [5, 5.41) is 0. The van der Waals surface area contributed by atoms with Crippen LogP contribution in [0.4, 0.5) is 0 Å². The first-order valence-corrected chi connectivity index (χ1v) is 10.8. The Morgan fingerprint density at radius 3 is 2.75 bits per heavy atom. The lowest BCUT2D eigenvalue weighted by Crippen LogP contribution is -2.31. The molecular weight excluding hydrogens is 406 g/mol. The number of pyridine rings is 1. The summed E-state index contributed by atoms with van der Waals surface area (Å²) in [7, 11) is 3.58. The van der Waals surface area contributed by atoms with Crippen LogP contribution in [-0.4, -0.2) is 46.8 Å². The van der Waals surface area contributed by atoms with Crippen molar-refractivity contribution in [3.63, 3.8) is 0 Å². The summed E-state index contributed by atoms with van der Waals surface area (Å²) in [5.74, 6) is 1.41. The molecule has 1 aliphatic heterocycles. The second-order valence-corrected chi connectivity index (χ2v) is 8.06. The highest BCUT2D eigenvalue weighted by atomic mass is 16.6. The largest absolute Gasteiger partial charge is 0.493 e. The lowest BCUT2D eigenvalue weighted by atomic mass is 10.1. The van der Waals surface area contributed by atoms with E-state index in [1.54, 1.807) is 19.5 Å². The molecule has 0 saturated carbocycles. The molecule has 1 aliphatic rings. The van der Waals surface area contributed by atoms with Gasteiger partial charge in [0.2, 0.25) is 5.91 Å². The summed E-state index contributed by atoms with van der Waals surface area (Å²) in [4.78, 5) is 19.3. The van der Waals surface area contributed by atoms with Crippen LogP contribution in [0, 0.1) is 0 Å². The van der Waals surface area contributed by atoms with Crippen LogP contribution in [0.2, 0.25) is 0 Å². The number of benzene rings is 1. The quantitative estimate of drug-likeness (QED) is 0.516.